The highest BCUT2D eigenvalue weighted by atomic mass is 15.1. The van der Waals surface area contributed by atoms with Crippen LogP contribution in [0.4, 0.5) is 0 Å². The lowest BCUT2D eigenvalue weighted by molar-refractivity contribution is 0.507. The quantitative estimate of drug-likeness (QED) is 0.622. The van der Waals surface area contributed by atoms with Gasteiger partial charge in [0.25, 0.3) is 0 Å². The van der Waals surface area contributed by atoms with Crippen LogP contribution in [-0.2, 0) is 0 Å². The number of rotatable bonds is 3. The van der Waals surface area contributed by atoms with Crippen LogP contribution >= 0.6 is 0 Å². The molecule has 0 aromatic heterocycles. The Morgan fingerprint density at radius 1 is 1.29 bits per heavy atom. The largest absolute Gasteiger partial charge is 0.370 e. The molecule has 0 amide bonds. The van der Waals surface area contributed by atoms with Gasteiger partial charge in [0.15, 0.2) is 5.96 Å². The topological polar surface area (TPSA) is 50.4 Å². The van der Waals surface area contributed by atoms with Crippen molar-refractivity contribution < 1.29 is 0 Å². The van der Waals surface area contributed by atoms with Gasteiger partial charge in [0, 0.05) is 18.0 Å². The average Bonchev–Trinajstić information content (AvgIpc) is 2.25. The van der Waals surface area contributed by atoms with Gasteiger partial charge in [0.05, 0.1) is 0 Å². The van der Waals surface area contributed by atoms with Crippen LogP contribution in [0.25, 0.3) is 0 Å². The minimum absolute atomic E-state index is 0.0381. The molecule has 3 N–H and O–H groups in total. The SMILES string of the molecule is CC(CN=C(N)NC(C)(C)C)c1ccccc1. The minimum atomic E-state index is -0.0381. The molecule has 94 valence electrons. The molecular weight excluding hydrogens is 210 g/mol. The van der Waals surface area contributed by atoms with Crippen molar-refractivity contribution in [1.82, 2.24) is 5.32 Å². The van der Waals surface area contributed by atoms with Crippen molar-refractivity contribution in [2.24, 2.45) is 10.7 Å². The first-order valence-corrected chi connectivity index (χ1v) is 6.01. The van der Waals surface area contributed by atoms with Crippen molar-refractivity contribution >= 4 is 5.96 Å². The van der Waals surface area contributed by atoms with E-state index < -0.39 is 0 Å². The molecule has 0 heterocycles. The molecule has 0 spiro atoms. The van der Waals surface area contributed by atoms with Gasteiger partial charge in [-0.1, -0.05) is 37.3 Å². The van der Waals surface area contributed by atoms with E-state index in [2.05, 4.69) is 50.1 Å². The Kier molecular flexibility index (Phi) is 4.55. The third kappa shape index (κ3) is 5.38. The van der Waals surface area contributed by atoms with Gasteiger partial charge in [0.2, 0.25) is 0 Å². The van der Waals surface area contributed by atoms with E-state index in [1.807, 2.05) is 18.2 Å². The van der Waals surface area contributed by atoms with Crippen LogP contribution in [0, 0.1) is 0 Å². The third-order valence-electron chi connectivity index (χ3n) is 2.41. The molecule has 17 heavy (non-hydrogen) atoms. The van der Waals surface area contributed by atoms with Crippen molar-refractivity contribution in [3.8, 4) is 0 Å². The zero-order chi connectivity index (χ0) is 12.9. The summed E-state index contributed by atoms with van der Waals surface area (Å²) >= 11 is 0. The maximum atomic E-state index is 5.83. The van der Waals surface area contributed by atoms with Crippen LogP contribution < -0.4 is 11.1 Å². The number of nitrogens with zero attached hydrogens (tertiary/aromatic N) is 1. The molecular formula is C14H23N3. The van der Waals surface area contributed by atoms with Gasteiger partial charge in [-0.05, 0) is 26.3 Å². The second kappa shape index (κ2) is 5.71. The minimum Gasteiger partial charge on any atom is -0.370 e. The van der Waals surface area contributed by atoms with Crippen molar-refractivity contribution in [2.75, 3.05) is 6.54 Å². The molecule has 0 radical (unpaired) electrons. The van der Waals surface area contributed by atoms with Gasteiger partial charge >= 0.3 is 0 Å². The first-order valence-electron chi connectivity index (χ1n) is 6.01. The molecule has 0 bridgehead atoms. The average molecular weight is 233 g/mol. The Bertz CT molecular complexity index is 363. The fourth-order valence-corrected chi connectivity index (χ4v) is 1.55. The molecule has 1 unspecified atom stereocenters. The predicted octanol–water partition coefficient (Wildman–Crippen LogP) is 2.49. The second-order valence-electron chi connectivity index (χ2n) is 5.41. The molecule has 1 atom stereocenters. The highest BCUT2D eigenvalue weighted by Crippen LogP contribution is 2.14. The zero-order valence-corrected chi connectivity index (χ0v) is 11.2. The van der Waals surface area contributed by atoms with Gasteiger partial charge in [-0.3, -0.25) is 4.99 Å². The van der Waals surface area contributed by atoms with Gasteiger partial charge in [-0.15, -0.1) is 0 Å². The fourth-order valence-electron chi connectivity index (χ4n) is 1.55. The summed E-state index contributed by atoms with van der Waals surface area (Å²) in [5.74, 6) is 0.900. The summed E-state index contributed by atoms with van der Waals surface area (Å²) < 4.78 is 0. The lowest BCUT2D eigenvalue weighted by atomic mass is 10.0. The molecule has 0 aliphatic rings. The Labute approximate surface area is 104 Å². The molecule has 1 rings (SSSR count). The van der Waals surface area contributed by atoms with Gasteiger partial charge in [-0.25, -0.2) is 0 Å². The van der Waals surface area contributed by atoms with Gasteiger partial charge in [-0.2, -0.15) is 0 Å². The van der Waals surface area contributed by atoms with E-state index >= 15 is 0 Å². The van der Waals surface area contributed by atoms with E-state index in [-0.39, 0.29) is 5.54 Å². The molecule has 0 saturated heterocycles. The van der Waals surface area contributed by atoms with E-state index in [1.165, 1.54) is 5.56 Å². The number of aliphatic imine (C=N–C) groups is 1. The van der Waals surface area contributed by atoms with Crippen LogP contribution in [0.1, 0.15) is 39.2 Å². The van der Waals surface area contributed by atoms with Crippen molar-refractivity contribution in [3.63, 3.8) is 0 Å². The number of nitrogens with one attached hydrogen (secondary N) is 1. The number of benzene rings is 1. The van der Waals surface area contributed by atoms with Gasteiger partial charge in [0.1, 0.15) is 0 Å². The molecule has 1 aromatic carbocycles. The van der Waals surface area contributed by atoms with Crippen molar-refractivity contribution in [3.05, 3.63) is 35.9 Å². The third-order valence-corrected chi connectivity index (χ3v) is 2.41. The summed E-state index contributed by atoms with van der Waals surface area (Å²) in [5.41, 5.74) is 7.08. The summed E-state index contributed by atoms with van der Waals surface area (Å²) in [6, 6.07) is 10.4. The molecule has 0 fully saturated rings. The fraction of sp³-hybridized carbons (Fsp3) is 0.500. The first kappa shape index (κ1) is 13.6. The molecule has 3 nitrogen and oxygen atoms in total. The Balaban J connectivity index is 2.53. The number of nitrogens with two attached hydrogens (primary N) is 1. The van der Waals surface area contributed by atoms with Crippen LogP contribution in [0.5, 0.6) is 0 Å². The summed E-state index contributed by atoms with van der Waals surface area (Å²) in [6.07, 6.45) is 0. The highest BCUT2D eigenvalue weighted by molar-refractivity contribution is 5.78. The van der Waals surface area contributed by atoms with E-state index in [0.717, 1.165) is 0 Å². The van der Waals surface area contributed by atoms with E-state index in [9.17, 15) is 0 Å². The molecule has 3 heteroatoms. The summed E-state index contributed by atoms with van der Waals surface area (Å²) in [4.78, 5) is 4.37. The van der Waals surface area contributed by atoms with Crippen LogP contribution in [0.2, 0.25) is 0 Å². The van der Waals surface area contributed by atoms with Crippen LogP contribution in [-0.4, -0.2) is 18.0 Å². The summed E-state index contributed by atoms with van der Waals surface area (Å²) in [6.45, 7) is 9.06. The molecule has 0 aliphatic heterocycles. The zero-order valence-electron chi connectivity index (χ0n) is 11.2. The van der Waals surface area contributed by atoms with E-state index in [1.54, 1.807) is 0 Å². The first-order chi connectivity index (χ1) is 7.88. The maximum Gasteiger partial charge on any atom is 0.189 e. The standard InChI is InChI=1S/C14H23N3/c1-11(12-8-6-5-7-9-12)10-16-13(15)17-14(2,3)4/h5-9,11H,10H2,1-4H3,(H3,15,16,17). The normalized spacial score (nSPS) is 14.5. The Morgan fingerprint density at radius 3 is 2.41 bits per heavy atom. The van der Waals surface area contributed by atoms with Gasteiger partial charge < -0.3 is 11.1 Å². The van der Waals surface area contributed by atoms with Crippen LogP contribution in [0.15, 0.2) is 35.3 Å². The maximum absolute atomic E-state index is 5.83. The molecule has 0 saturated carbocycles. The Morgan fingerprint density at radius 2 is 1.88 bits per heavy atom. The highest BCUT2D eigenvalue weighted by Gasteiger charge is 2.10. The Hall–Kier alpha value is -1.51. The van der Waals surface area contributed by atoms with E-state index in [4.69, 9.17) is 5.73 Å². The van der Waals surface area contributed by atoms with Crippen LogP contribution in [0.3, 0.4) is 0 Å². The molecule has 1 aromatic rings. The lowest BCUT2D eigenvalue weighted by Crippen LogP contribution is -2.45. The smallest absolute Gasteiger partial charge is 0.189 e. The number of guanidine groups is 1. The van der Waals surface area contributed by atoms with Crippen molar-refractivity contribution in [1.29, 1.82) is 0 Å². The molecule has 0 aliphatic carbocycles. The van der Waals surface area contributed by atoms with E-state index in [0.29, 0.717) is 18.4 Å². The summed E-state index contributed by atoms with van der Waals surface area (Å²) in [5, 5.41) is 3.15. The number of hydrogen-bond donors (Lipinski definition) is 2. The summed E-state index contributed by atoms with van der Waals surface area (Å²) in [7, 11) is 0. The van der Waals surface area contributed by atoms with Crippen molar-refractivity contribution in [2.45, 2.75) is 39.2 Å². The monoisotopic (exact) mass is 233 g/mol. The lowest BCUT2D eigenvalue weighted by Gasteiger charge is -2.21. The second-order valence-corrected chi connectivity index (χ2v) is 5.41. The predicted molar refractivity (Wildman–Crippen MR) is 74.2 cm³/mol. The number of hydrogen-bond acceptors (Lipinski definition) is 1.